The molecular formula is C19H16F3NO3. The number of hydrogen-bond acceptors (Lipinski definition) is 3. The maximum atomic E-state index is 13.2. The molecule has 1 aliphatic rings. The van der Waals surface area contributed by atoms with Crippen molar-refractivity contribution >= 4 is 17.4 Å². The fraction of sp³-hybridized carbons (Fsp3) is 0.263. The molecule has 1 amide bonds. The van der Waals surface area contributed by atoms with Crippen molar-refractivity contribution in [1.29, 1.82) is 0 Å². The van der Waals surface area contributed by atoms with Gasteiger partial charge in [-0.05, 0) is 29.8 Å². The number of nitrogens with zero attached hydrogens (tertiary/aromatic N) is 1. The molecule has 0 bridgehead atoms. The molecular weight excluding hydrogens is 347 g/mol. The minimum Gasteiger partial charge on any atom is -0.496 e. The van der Waals surface area contributed by atoms with Gasteiger partial charge in [0, 0.05) is 18.4 Å². The van der Waals surface area contributed by atoms with Crippen molar-refractivity contribution in [3.63, 3.8) is 0 Å². The van der Waals surface area contributed by atoms with Crippen molar-refractivity contribution < 1.29 is 27.5 Å². The van der Waals surface area contributed by atoms with Gasteiger partial charge in [-0.15, -0.1) is 0 Å². The number of hydrogen-bond donors (Lipinski definition) is 0. The molecule has 3 rings (SSSR count). The van der Waals surface area contributed by atoms with Gasteiger partial charge in [0.15, 0.2) is 5.78 Å². The van der Waals surface area contributed by atoms with Crippen LogP contribution < -0.4 is 9.64 Å². The SMILES string of the molecule is COc1ccc(CN2C(=O)CCC(=O)c3ccccc32)cc1C(F)(F)F. The average Bonchev–Trinajstić information content (AvgIpc) is 2.73. The molecule has 0 aromatic heterocycles. The first-order valence-corrected chi connectivity index (χ1v) is 7.98. The maximum Gasteiger partial charge on any atom is 0.419 e. The lowest BCUT2D eigenvalue weighted by atomic mass is 10.1. The molecule has 7 heteroatoms. The number of carbonyl (C=O) groups is 2. The molecule has 0 N–H and O–H groups in total. The molecule has 2 aromatic rings. The molecule has 0 unspecified atom stereocenters. The zero-order valence-corrected chi connectivity index (χ0v) is 14.0. The van der Waals surface area contributed by atoms with E-state index >= 15 is 0 Å². The number of para-hydroxylation sites is 1. The first-order chi connectivity index (χ1) is 12.3. The quantitative estimate of drug-likeness (QED) is 0.820. The molecule has 0 fully saturated rings. The van der Waals surface area contributed by atoms with Crippen LogP contribution in [-0.4, -0.2) is 18.8 Å². The van der Waals surface area contributed by atoms with Crippen LogP contribution in [-0.2, 0) is 17.5 Å². The maximum absolute atomic E-state index is 13.2. The molecule has 136 valence electrons. The molecule has 0 saturated carbocycles. The van der Waals surface area contributed by atoms with Gasteiger partial charge in [-0.2, -0.15) is 13.2 Å². The predicted octanol–water partition coefficient (Wildman–Crippen LogP) is 4.22. The molecule has 1 aliphatic heterocycles. The Kier molecular flexibility index (Phi) is 4.71. The predicted molar refractivity (Wildman–Crippen MR) is 89.2 cm³/mol. The Morgan fingerprint density at radius 2 is 1.81 bits per heavy atom. The topological polar surface area (TPSA) is 46.6 Å². The molecule has 0 spiro atoms. The van der Waals surface area contributed by atoms with Crippen LogP contribution in [0.4, 0.5) is 18.9 Å². The summed E-state index contributed by atoms with van der Waals surface area (Å²) in [7, 11) is 1.17. The van der Waals surface area contributed by atoms with E-state index in [0.29, 0.717) is 16.8 Å². The van der Waals surface area contributed by atoms with Crippen molar-refractivity contribution in [2.24, 2.45) is 0 Å². The Bertz CT molecular complexity index is 861. The molecule has 0 saturated heterocycles. The Morgan fingerprint density at radius 3 is 2.50 bits per heavy atom. The van der Waals surface area contributed by atoms with Gasteiger partial charge in [0.05, 0.1) is 24.9 Å². The number of Topliss-reactive ketones (excluding diaryl/α,β-unsaturated/α-hetero) is 1. The third-order valence-corrected chi connectivity index (χ3v) is 4.27. The van der Waals surface area contributed by atoms with E-state index in [1.54, 1.807) is 24.3 Å². The summed E-state index contributed by atoms with van der Waals surface area (Å²) >= 11 is 0. The van der Waals surface area contributed by atoms with Crippen LogP contribution in [0.2, 0.25) is 0 Å². The van der Waals surface area contributed by atoms with Gasteiger partial charge in [-0.25, -0.2) is 0 Å². The summed E-state index contributed by atoms with van der Waals surface area (Å²) in [5.74, 6) is -0.728. The zero-order valence-electron chi connectivity index (χ0n) is 14.0. The lowest BCUT2D eigenvalue weighted by Gasteiger charge is -2.23. The smallest absolute Gasteiger partial charge is 0.419 e. The van der Waals surface area contributed by atoms with E-state index in [0.717, 1.165) is 6.07 Å². The first-order valence-electron chi connectivity index (χ1n) is 7.98. The van der Waals surface area contributed by atoms with E-state index < -0.39 is 11.7 Å². The third kappa shape index (κ3) is 3.42. The summed E-state index contributed by atoms with van der Waals surface area (Å²) < 4.78 is 44.4. The monoisotopic (exact) mass is 363 g/mol. The lowest BCUT2D eigenvalue weighted by molar-refractivity contribution is -0.138. The number of anilines is 1. The van der Waals surface area contributed by atoms with Gasteiger partial charge in [0.25, 0.3) is 0 Å². The van der Waals surface area contributed by atoms with E-state index in [4.69, 9.17) is 4.74 Å². The second-order valence-corrected chi connectivity index (χ2v) is 5.95. The Morgan fingerprint density at radius 1 is 1.08 bits per heavy atom. The number of fused-ring (bicyclic) bond motifs is 1. The standard InChI is InChI=1S/C19H16F3NO3/c1-26-17-8-6-12(10-14(17)19(20,21)22)11-23-15-5-3-2-4-13(15)16(24)7-9-18(23)25/h2-6,8,10H,7,9,11H2,1H3. The first kappa shape index (κ1) is 18.0. The van der Waals surface area contributed by atoms with Crippen molar-refractivity contribution in [3.8, 4) is 5.75 Å². The van der Waals surface area contributed by atoms with Crippen LogP contribution in [0.25, 0.3) is 0 Å². The Balaban J connectivity index is 2.01. The molecule has 0 radical (unpaired) electrons. The van der Waals surface area contributed by atoms with Gasteiger partial charge in [0.1, 0.15) is 5.75 Å². The molecule has 0 aliphatic carbocycles. The van der Waals surface area contributed by atoms with E-state index in [-0.39, 0.29) is 36.8 Å². The highest BCUT2D eigenvalue weighted by molar-refractivity contribution is 6.09. The van der Waals surface area contributed by atoms with Crippen LogP contribution in [0, 0.1) is 0 Å². The molecule has 1 heterocycles. The Labute approximate surface area is 148 Å². The largest absolute Gasteiger partial charge is 0.496 e. The van der Waals surface area contributed by atoms with Gasteiger partial charge in [-0.1, -0.05) is 18.2 Å². The summed E-state index contributed by atoms with van der Waals surface area (Å²) in [5.41, 5.74) is 0.229. The normalized spacial score (nSPS) is 14.8. The van der Waals surface area contributed by atoms with Gasteiger partial charge in [-0.3, -0.25) is 9.59 Å². The summed E-state index contributed by atoms with van der Waals surface area (Å²) in [6.07, 6.45) is -4.46. The third-order valence-electron chi connectivity index (χ3n) is 4.27. The number of ether oxygens (including phenoxy) is 1. The fourth-order valence-corrected chi connectivity index (χ4v) is 3.00. The van der Waals surface area contributed by atoms with Crippen LogP contribution in [0.1, 0.15) is 34.3 Å². The summed E-state index contributed by atoms with van der Waals surface area (Å²) in [5, 5.41) is 0. The fourth-order valence-electron chi connectivity index (χ4n) is 3.00. The molecule has 4 nitrogen and oxygen atoms in total. The van der Waals surface area contributed by atoms with Crippen LogP contribution >= 0.6 is 0 Å². The number of alkyl halides is 3. The average molecular weight is 363 g/mol. The highest BCUT2D eigenvalue weighted by Crippen LogP contribution is 2.37. The van der Waals surface area contributed by atoms with E-state index in [1.165, 1.54) is 24.1 Å². The number of rotatable bonds is 3. The van der Waals surface area contributed by atoms with E-state index in [1.807, 2.05) is 0 Å². The number of amides is 1. The summed E-state index contributed by atoms with van der Waals surface area (Å²) in [4.78, 5) is 26.0. The van der Waals surface area contributed by atoms with Crippen molar-refractivity contribution in [3.05, 3.63) is 59.2 Å². The van der Waals surface area contributed by atoms with Crippen molar-refractivity contribution in [1.82, 2.24) is 0 Å². The highest BCUT2D eigenvalue weighted by atomic mass is 19.4. The van der Waals surface area contributed by atoms with E-state index in [2.05, 4.69) is 0 Å². The molecule has 0 atom stereocenters. The summed E-state index contributed by atoms with van der Waals surface area (Å²) in [6.45, 7) is -0.0593. The second kappa shape index (κ2) is 6.82. The second-order valence-electron chi connectivity index (χ2n) is 5.95. The van der Waals surface area contributed by atoms with Crippen molar-refractivity contribution in [2.75, 3.05) is 12.0 Å². The van der Waals surface area contributed by atoms with Gasteiger partial charge < -0.3 is 9.64 Å². The van der Waals surface area contributed by atoms with Crippen LogP contribution in [0.5, 0.6) is 5.75 Å². The number of carbonyl (C=O) groups excluding carboxylic acids is 2. The molecule has 26 heavy (non-hydrogen) atoms. The Hall–Kier alpha value is -2.83. The van der Waals surface area contributed by atoms with Crippen LogP contribution in [0.15, 0.2) is 42.5 Å². The van der Waals surface area contributed by atoms with Gasteiger partial charge in [0.2, 0.25) is 5.91 Å². The highest BCUT2D eigenvalue weighted by Gasteiger charge is 2.35. The number of benzene rings is 2. The minimum absolute atomic E-state index is 0.0236. The lowest BCUT2D eigenvalue weighted by Crippen LogP contribution is -2.29. The number of methoxy groups -OCH3 is 1. The van der Waals surface area contributed by atoms with Gasteiger partial charge >= 0.3 is 6.18 Å². The zero-order chi connectivity index (χ0) is 18.9. The van der Waals surface area contributed by atoms with Crippen LogP contribution in [0.3, 0.4) is 0 Å². The van der Waals surface area contributed by atoms with E-state index in [9.17, 15) is 22.8 Å². The minimum atomic E-state index is -4.57. The summed E-state index contributed by atoms with van der Waals surface area (Å²) in [6, 6.07) is 10.3. The van der Waals surface area contributed by atoms with Crippen molar-refractivity contribution in [2.45, 2.75) is 25.6 Å². The number of halogens is 3. The number of ketones is 1. The molecule has 2 aromatic carbocycles.